The van der Waals surface area contributed by atoms with Gasteiger partial charge in [0.05, 0.1) is 17.3 Å². The van der Waals surface area contributed by atoms with E-state index in [9.17, 15) is 18.0 Å². The van der Waals surface area contributed by atoms with Crippen LogP contribution in [-0.2, 0) is 6.18 Å². The minimum atomic E-state index is -4.46. The van der Waals surface area contributed by atoms with Crippen molar-refractivity contribution in [2.75, 3.05) is 0 Å². The Morgan fingerprint density at radius 1 is 1.33 bits per heavy atom. The molecule has 0 aliphatic carbocycles. The summed E-state index contributed by atoms with van der Waals surface area (Å²) in [6, 6.07) is 0. The number of aromatic nitrogens is 3. The van der Waals surface area contributed by atoms with E-state index in [2.05, 4.69) is 10.1 Å². The van der Waals surface area contributed by atoms with Crippen molar-refractivity contribution in [3.63, 3.8) is 0 Å². The Kier molecular flexibility index (Phi) is 1.95. The van der Waals surface area contributed by atoms with Gasteiger partial charge in [-0.05, 0) is 0 Å². The number of halogens is 3. The summed E-state index contributed by atoms with van der Waals surface area (Å²) in [7, 11) is 0. The SMILES string of the molecule is O=Cc1cnn2cc(C(F)(F)F)cnc12. The average Bonchev–Trinajstić information content (AvgIpc) is 2.58. The summed E-state index contributed by atoms with van der Waals surface area (Å²) in [4.78, 5) is 14.0. The van der Waals surface area contributed by atoms with Crippen LogP contribution in [0.1, 0.15) is 15.9 Å². The van der Waals surface area contributed by atoms with Gasteiger partial charge >= 0.3 is 6.18 Å². The van der Waals surface area contributed by atoms with Crippen molar-refractivity contribution < 1.29 is 18.0 Å². The molecule has 0 saturated heterocycles. The molecule has 7 heteroatoms. The van der Waals surface area contributed by atoms with E-state index in [1.54, 1.807) is 0 Å². The third kappa shape index (κ3) is 1.56. The van der Waals surface area contributed by atoms with Crippen LogP contribution in [0.25, 0.3) is 5.65 Å². The van der Waals surface area contributed by atoms with Gasteiger partial charge in [-0.25, -0.2) is 9.50 Å². The van der Waals surface area contributed by atoms with E-state index in [4.69, 9.17) is 0 Å². The molecule has 0 aliphatic rings. The molecule has 0 saturated carbocycles. The summed E-state index contributed by atoms with van der Waals surface area (Å²) in [5, 5.41) is 3.59. The molecule has 0 spiro atoms. The largest absolute Gasteiger partial charge is 0.419 e. The van der Waals surface area contributed by atoms with Gasteiger partial charge in [0.1, 0.15) is 0 Å². The minimum absolute atomic E-state index is 0.109. The van der Waals surface area contributed by atoms with E-state index in [-0.39, 0.29) is 11.2 Å². The fourth-order valence-corrected chi connectivity index (χ4v) is 1.12. The van der Waals surface area contributed by atoms with E-state index < -0.39 is 11.7 Å². The first-order valence-corrected chi connectivity index (χ1v) is 3.88. The van der Waals surface area contributed by atoms with E-state index >= 15 is 0 Å². The summed E-state index contributed by atoms with van der Waals surface area (Å²) in [5.74, 6) is 0. The maximum absolute atomic E-state index is 12.3. The molecule has 0 aliphatic heterocycles. The molecule has 0 bridgehead atoms. The number of fused-ring (bicyclic) bond motifs is 1. The summed E-state index contributed by atoms with van der Waals surface area (Å²) in [6.45, 7) is 0. The number of aldehydes is 1. The van der Waals surface area contributed by atoms with Crippen molar-refractivity contribution in [3.8, 4) is 0 Å². The molecule has 2 rings (SSSR count). The van der Waals surface area contributed by atoms with Crippen molar-refractivity contribution >= 4 is 11.9 Å². The van der Waals surface area contributed by atoms with Gasteiger partial charge in [0, 0.05) is 12.4 Å². The lowest BCUT2D eigenvalue weighted by atomic mass is 10.3. The van der Waals surface area contributed by atoms with Gasteiger partial charge < -0.3 is 0 Å². The summed E-state index contributed by atoms with van der Waals surface area (Å²) in [5.41, 5.74) is -0.641. The van der Waals surface area contributed by atoms with Crippen LogP contribution in [0.4, 0.5) is 13.2 Å². The molecule has 78 valence electrons. The summed E-state index contributed by atoms with van der Waals surface area (Å²) < 4.78 is 37.7. The van der Waals surface area contributed by atoms with Gasteiger partial charge in [-0.2, -0.15) is 18.3 Å². The molecule has 0 atom stereocenters. The third-order valence-corrected chi connectivity index (χ3v) is 1.84. The van der Waals surface area contributed by atoms with Crippen LogP contribution in [0.15, 0.2) is 18.6 Å². The van der Waals surface area contributed by atoms with Crippen molar-refractivity contribution in [1.29, 1.82) is 0 Å². The zero-order valence-electron chi connectivity index (χ0n) is 7.19. The lowest BCUT2D eigenvalue weighted by molar-refractivity contribution is -0.138. The van der Waals surface area contributed by atoms with E-state index in [0.29, 0.717) is 12.5 Å². The highest BCUT2D eigenvalue weighted by Gasteiger charge is 2.31. The van der Waals surface area contributed by atoms with Crippen molar-refractivity contribution in [2.24, 2.45) is 0 Å². The zero-order valence-corrected chi connectivity index (χ0v) is 7.19. The number of alkyl halides is 3. The van der Waals surface area contributed by atoms with Gasteiger partial charge in [-0.15, -0.1) is 0 Å². The molecule has 2 aromatic heterocycles. The third-order valence-electron chi connectivity index (χ3n) is 1.84. The normalized spacial score (nSPS) is 11.9. The van der Waals surface area contributed by atoms with E-state index in [0.717, 1.165) is 16.9 Å². The molecular formula is C8H4F3N3O. The van der Waals surface area contributed by atoms with E-state index in [1.165, 1.54) is 0 Å². The van der Waals surface area contributed by atoms with Crippen LogP contribution in [0.3, 0.4) is 0 Å². The second-order valence-electron chi connectivity index (χ2n) is 2.83. The maximum atomic E-state index is 12.3. The van der Waals surface area contributed by atoms with E-state index in [1.807, 2.05) is 0 Å². The maximum Gasteiger partial charge on any atom is 0.419 e. The number of hydrogen-bond acceptors (Lipinski definition) is 3. The number of rotatable bonds is 1. The lowest BCUT2D eigenvalue weighted by Gasteiger charge is -2.05. The lowest BCUT2D eigenvalue weighted by Crippen LogP contribution is -2.07. The molecule has 0 amide bonds. The predicted molar refractivity (Wildman–Crippen MR) is 43.4 cm³/mol. The van der Waals surface area contributed by atoms with Crippen LogP contribution < -0.4 is 0 Å². The quantitative estimate of drug-likeness (QED) is 0.678. The van der Waals surface area contributed by atoms with Crippen LogP contribution in [0.2, 0.25) is 0 Å². The average molecular weight is 215 g/mol. The molecule has 0 fully saturated rings. The second kappa shape index (κ2) is 3.04. The Balaban J connectivity index is 2.63. The Morgan fingerprint density at radius 3 is 2.67 bits per heavy atom. The fraction of sp³-hybridized carbons (Fsp3) is 0.125. The standard InChI is InChI=1S/C8H4F3N3O/c9-8(10,11)6-2-12-7-5(4-15)1-13-14(7)3-6/h1-4H. The van der Waals surface area contributed by atoms with Gasteiger partial charge in [0.15, 0.2) is 11.9 Å². The van der Waals surface area contributed by atoms with Crippen molar-refractivity contribution in [2.45, 2.75) is 6.18 Å². The number of carbonyl (C=O) groups excluding carboxylic acids is 1. The number of hydrogen-bond donors (Lipinski definition) is 0. The smallest absolute Gasteiger partial charge is 0.298 e. The minimum Gasteiger partial charge on any atom is -0.298 e. The molecule has 4 nitrogen and oxygen atoms in total. The first-order valence-electron chi connectivity index (χ1n) is 3.88. The summed E-state index contributed by atoms with van der Waals surface area (Å²) in [6.07, 6.45) is -1.36. The predicted octanol–water partition coefficient (Wildman–Crippen LogP) is 1.56. The summed E-state index contributed by atoms with van der Waals surface area (Å²) >= 11 is 0. The molecular weight excluding hydrogens is 211 g/mol. The highest BCUT2D eigenvalue weighted by atomic mass is 19.4. The molecule has 0 N–H and O–H groups in total. The molecule has 0 aromatic carbocycles. The monoisotopic (exact) mass is 215 g/mol. The Morgan fingerprint density at radius 2 is 2.07 bits per heavy atom. The van der Waals surface area contributed by atoms with Crippen molar-refractivity contribution in [1.82, 2.24) is 14.6 Å². The van der Waals surface area contributed by atoms with Gasteiger partial charge in [0.2, 0.25) is 0 Å². The Labute approximate surface area is 81.3 Å². The van der Waals surface area contributed by atoms with Crippen LogP contribution >= 0.6 is 0 Å². The fourth-order valence-electron chi connectivity index (χ4n) is 1.12. The van der Waals surface area contributed by atoms with Crippen LogP contribution in [0.5, 0.6) is 0 Å². The molecule has 2 aromatic rings. The molecule has 15 heavy (non-hydrogen) atoms. The number of carbonyl (C=O) groups is 1. The van der Waals surface area contributed by atoms with Gasteiger partial charge in [-0.3, -0.25) is 4.79 Å². The molecule has 0 unspecified atom stereocenters. The Hall–Kier alpha value is -1.92. The van der Waals surface area contributed by atoms with Crippen molar-refractivity contribution in [3.05, 3.63) is 29.7 Å². The first kappa shape index (κ1) is 9.63. The molecule has 2 heterocycles. The highest BCUT2D eigenvalue weighted by molar-refractivity contribution is 5.83. The second-order valence-corrected chi connectivity index (χ2v) is 2.83. The van der Waals surface area contributed by atoms with Gasteiger partial charge in [-0.1, -0.05) is 0 Å². The highest BCUT2D eigenvalue weighted by Crippen LogP contribution is 2.28. The molecule has 0 radical (unpaired) electrons. The van der Waals surface area contributed by atoms with Crippen LogP contribution in [-0.4, -0.2) is 20.9 Å². The number of nitrogens with zero attached hydrogens (tertiary/aromatic N) is 3. The zero-order chi connectivity index (χ0) is 11.1. The first-order chi connectivity index (χ1) is 7.02. The van der Waals surface area contributed by atoms with Gasteiger partial charge in [0.25, 0.3) is 0 Å². The van der Waals surface area contributed by atoms with Crippen LogP contribution in [0, 0.1) is 0 Å². The topological polar surface area (TPSA) is 47.3 Å². The Bertz CT molecular complexity index is 517.